The molecule has 4 heteroatoms. The van der Waals surface area contributed by atoms with E-state index in [0.717, 1.165) is 16.5 Å². The van der Waals surface area contributed by atoms with E-state index in [9.17, 15) is 0 Å². The summed E-state index contributed by atoms with van der Waals surface area (Å²) in [4.78, 5) is 4.49. The van der Waals surface area contributed by atoms with Crippen LogP contribution in [0.1, 0.15) is 24.1 Å². The highest BCUT2D eigenvalue weighted by Crippen LogP contribution is 2.23. The fraction of sp³-hybridized carbons (Fsp3) is 0.188. The molecule has 0 aliphatic rings. The molecule has 0 radical (unpaired) electrons. The molecule has 3 aromatic rings. The van der Waals surface area contributed by atoms with Crippen LogP contribution in [0.5, 0.6) is 0 Å². The van der Waals surface area contributed by atoms with Crippen molar-refractivity contribution in [2.75, 3.05) is 0 Å². The van der Waals surface area contributed by atoms with E-state index in [-0.39, 0.29) is 6.04 Å². The molecule has 2 aromatic heterocycles. The van der Waals surface area contributed by atoms with Crippen molar-refractivity contribution < 1.29 is 0 Å². The molecule has 1 N–H and O–H groups in total. The van der Waals surface area contributed by atoms with Gasteiger partial charge < -0.3 is 5.32 Å². The number of nitrogens with one attached hydrogen (secondary N) is 1. The van der Waals surface area contributed by atoms with E-state index < -0.39 is 0 Å². The zero-order chi connectivity index (χ0) is 13.9. The second-order valence-electron chi connectivity index (χ2n) is 4.81. The van der Waals surface area contributed by atoms with E-state index in [2.05, 4.69) is 68.9 Å². The normalized spacial score (nSPS) is 12.7. The molecular weight excluding hydrogens is 332 g/mol. The fourth-order valence-electron chi connectivity index (χ4n) is 2.13. The van der Waals surface area contributed by atoms with E-state index in [0.29, 0.717) is 0 Å². The maximum atomic E-state index is 4.49. The van der Waals surface area contributed by atoms with E-state index in [1.54, 1.807) is 11.3 Å². The Kier molecular flexibility index (Phi) is 4.15. The lowest BCUT2D eigenvalue weighted by Gasteiger charge is -2.14. The van der Waals surface area contributed by atoms with Crippen LogP contribution in [-0.4, -0.2) is 4.98 Å². The van der Waals surface area contributed by atoms with Gasteiger partial charge in [-0.2, -0.15) is 0 Å². The summed E-state index contributed by atoms with van der Waals surface area (Å²) in [5.74, 6) is 0. The third-order valence-electron chi connectivity index (χ3n) is 3.33. The minimum Gasteiger partial charge on any atom is -0.306 e. The summed E-state index contributed by atoms with van der Waals surface area (Å²) in [6, 6.07) is 12.9. The second-order valence-corrected chi connectivity index (χ2v) is 6.67. The monoisotopic (exact) mass is 346 g/mol. The molecule has 0 saturated heterocycles. The molecule has 0 aliphatic carbocycles. The van der Waals surface area contributed by atoms with Crippen molar-refractivity contribution in [3.05, 3.63) is 63.6 Å². The van der Waals surface area contributed by atoms with Gasteiger partial charge in [-0.1, -0.05) is 28.1 Å². The average Bonchev–Trinajstić information content (AvgIpc) is 2.92. The number of hydrogen-bond donors (Lipinski definition) is 1. The first-order valence-electron chi connectivity index (χ1n) is 6.53. The van der Waals surface area contributed by atoms with Gasteiger partial charge >= 0.3 is 0 Å². The highest BCUT2D eigenvalue weighted by molar-refractivity contribution is 9.10. The molecule has 20 heavy (non-hydrogen) atoms. The molecule has 2 heterocycles. The Hall–Kier alpha value is -1.23. The molecule has 3 rings (SSSR count). The number of benzene rings is 1. The Morgan fingerprint density at radius 2 is 2.20 bits per heavy atom. The van der Waals surface area contributed by atoms with Crippen LogP contribution in [0.2, 0.25) is 0 Å². The first-order valence-corrected chi connectivity index (χ1v) is 8.20. The van der Waals surface area contributed by atoms with E-state index >= 15 is 0 Å². The van der Waals surface area contributed by atoms with Gasteiger partial charge in [-0.15, -0.1) is 11.3 Å². The topological polar surface area (TPSA) is 24.9 Å². The van der Waals surface area contributed by atoms with Gasteiger partial charge in [-0.25, -0.2) is 0 Å². The van der Waals surface area contributed by atoms with Gasteiger partial charge in [-0.3, -0.25) is 4.98 Å². The first-order chi connectivity index (χ1) is 9.72. The van der Waals surface area contributed by atoms with Gasteiger partial charge in [0, 0.05) is 23.3 Å². The Bertz CT molecular complexity index is 723. The van der Waals surface area contributed by atoms with Crippen molar-refractivity contribution in [3.8, 4) is 0 Å². The molecule has 102 valence electrons. The van der Waals surface area contributed by atoms with Gasteiger partial charge in [0.1, 0.15) is 0 Å². The standard InChI is InChI=1S/C16H15BrN2S/c1-11(18-9-12-3-2-4-14(17)7-12)13-8-16-15(19-10-13)5-6-20-16/h2-8,10-11,18H,9H2,1H3. The van der Waals surface area contributed by atoms with E-state index in [4.69, 9.17) is 0 Å². The minimum absolute atomic E-state index is 0.285. The van der Waals surface area contributed by atoms with E-state index in [1.807, 2.05) is 12.3 Å². The lowest BCUT2D eigenvalue weighted by molar-refractivity contribution is 0.574. The highest BCUT2D eigenvalue weighted by Gasteiger charge is 2.07. The minimum atomic E-state index is 0.285. The lowest BCUT2D eigenvalue weighted by Crippen LogP contribution is -2.18. The number of hydrogen-bond acceptors (Lipinski definition) is 3. The number of halogens is 1. The van der Waals surface area contributed by atoms with E-state index in [1.165, 1.54) is 15.8 Å². The van der Waals surface area contributed by atoms with Gasteiger partial charge in [0.05, 0.1) is 10.2 Å². The average molecular weight is 347 g/mol. The Balaban J connectivity index is 1.70. The van der Waals surface area contributed by atoms with Gasteiger partial charge in [0.2, 0.25) is 0 Å². The van der Waals surface area contributed by atoms with Crippen molar-refractivity contribution >= 4 is 37.5 Å². The molecule has 2 nitrogen and oxygen atoms in total. The first kappa shape index (κ1) is 13.7. The van der Waals surface area contributed by atoms with Crippen molar-refractivity contribution in [2.24, 2.45) is 0 Å². The number of pyridine rings is 1. The summed E-state index contributed by atoms with van der Waals surface area (Å²) in [5.41, 5.74) is 3.59. The zero-order valence-corrected chi connectivity index (χ0v) is 13.5. The predicted molar refractivity (Wildman–Crippen MR) is 89.0 cm³/mol. The number of rotatable bonds is 4. The molecule has 1 unspecified atom stereocenters. The number of nitrogens with zero attached hydrogens (tertiary/aromatic N) is 1. The SMILES string of the molecule is CC(NCc1cccc(Br)c1)c1cnc2ccsc2c1. The lowest BCUT2D eigenvalue weighted by atomic mass is 10.1. The maximum absolute atomic E-state index is 4.49. The Morgan fingerprint density at radius 3 is 3.05 bits per heavy atom. The third-order valence-corrected chi connectivity index (χ3v) is 4.67. The Morgan fingerprint density at radius 1 is 1.30 bits per heavy atom. The van der Waals surface area contributed by atoms with Crippen LogP contribution in [0.15, 0.2) is 52.4 Å². The molecule has 0 aliphatic heterocycles. The van der Waals surface area contributed by atoms with Crippen LogP contribution in [0.4, 0.5) is 0 Å². The van der Waals surface area contributed by atoms with Crippen LogP contribution in [0, 0.1) is 0 Å². The largest absolute Gasteiger partial charge is 0.306 e. The molecule has 0 amide bonds. The summed E-state index contributed by atoms with van der Waals surface area (Å²) in [6.07, 6.45) is 1.97. The van der Waals surface area contributed by atoms with Gasteiger partial charge in [0.25, 0.3) is 0 Å². The zero-order valence-electron chi connectivity index (χ0n) is 11.1. The number of fused-ring (bicyclic) bond motifs is 1. The predicted octanol–water partition coefficient (Wildman–Crippen LogP) is 4.91. The summed E-state index contributed by atoms with van der Waals surface area (Å²) in [7, 11) is 0. The molecule has 1 atom stereocenters. The third kappa shape index (κ3) is 3.08. The van der Waals surface area contributed by atoms with Gasteiger partial charge in [0.15, 0.2) is 0 Å². The van der Waals surface area contributed by atoms with Crippen molar-refractivity contribution in [3.63, 3.8) is 0 Å². The maximum Gasteiger partial charge on any atom is 0.0809 e. The molecular formula is C16H15BrN2S. The summed E-state index contributed by atoms with van der Waals surface area (Å²) >= 11 is 5.24. The van der Waals surface area contributed by atoms with Crippen LogP contribution >= 0.6 is 27.3 Å². The number of thiophene rings is 1. The molecule has 0 fully saturated rings. The van der Waals surface area contributed by atoms with Crippen LogP contribution in [-0.2, 0) is 6.54 Å². The molecule has 0 saturated carbocycles. The van der Waals surface area contributed by atoms with Crippen LogP contribution in [0.25, 0.3) is 10.2 Å². The fourth-order valence-corrected chi connectivity index (χ4v) is 3.37. The highest BCUT2D eigenvalue weighted by atomic mass is 79.9. The van der Waals surface area contributed by atoms with Gasteiger partial charge in [-0.05, 0) is 47.7 Å². The van der Waals surface area contributed by atoms with Crippen LogP contribution < -0.4 is 5.32 Å². The van der Waals surface area contributed by atoms with Crippen molar-refractivity contribution in [1.29, 1.82) is 0 Å². The molecule has 0 spiro atoms. The van der Waals surface area contributed by atoms with Crippen molar-refractivity contribution in [1.82, 2.24) is 10.3 Å². The number of aromatic nitrogens is 1. The second kappa shape index (κ2) is 6.04. The quantitative estimate of drug-likeness (QED) is 0.725. The smallest absolute Gasteiger partial charge is 0.0809 e. The van der Waals surface area contributed by atoms with Crippen molar-refractivity contribution in [2.45, 2.75) is 19.5 Å². The summed E-state index contributed by atoms with van der Waals surface area (Å²) in [5, 5.41) is 5.63. The summed E-state index contributed by atoms with van der Waals surface area (Å²) < 4.78 is 2.37. The summed E-state index contributed by atoms with van der Waals surface area (Å²) in [6.45, 7) is 3.03. The Labute approximate surface area is 131 Å². The molecule has 1 aromatic carbocycles. The van der Waals surface area contributed by atoms with Crippen LogP contribution in [0.3, 0.4) is 0 Å². The molecule has 0 bridgehead atoms.